The van der Waals surface area contributed by atoms with Gasteiger partial charge in [-0.1, -0.05) is 38.1 Å². The van der Waals surface area contributed by atoms with E-state index in [0.717, 1.165) is 6.54 Å². The number of hydrogen-bond donors (Lipinski definition) is 2. The average molecular weight is 207 g/mol. The van der Waals surface area contributed by atoms with Gasteiger partial charge in [-0.25, -0.2) is 5.43 Å². The number of nitrogens with one attached hydrogen (secondary N) is 1. The Kier molecular flexibility index (Phi) is 4.75. The van der Waals surface area contributed by atoms with Gasteiger partial charge >= 0.3 is 0 Å². The van der Waals surface area contributed by atoms with Crippen LogP contribution in [0.1, 0.15) is 30.9 Å². The molecular formula is C12H21N3. The number of hydrazine groups is 1. The largest absolute Gasteiger partial charge is 0.288 e. The molecule has 0 aliphatic carbocycles. The molecule has 1 aromatic rings. The van der Waals surface area contributed by atoms with Crippen LogP contribution in [0.2, 0.25) is 0 Å². The summed E-state index contributed by atoms with van der Waals surface area (Å²) in [7, 11) is 2.04. The van der Waals surface area contributed by atoms with Gasteiger partial charge in [0.2, 0.25) is 0 Å². The lowest BCUT2D eigenvalue weighted by Gasteiger charge is -2.16. The van der Waals surface area contributed by atoms with Crippen molar-refractivity contribution in [3.05, 3.63) is 35.4 Å². The van der Waals surface area contributed by atoms with E-state index in [4.69, 9.17) is 5.84 Å². The maximum absolute atomic E-state index is 5.26. The Morgan fingerprint density at radius 1 is 1.27 bits per heavy atom. The van der Waals surface area contributed by atoms with Gasteiger partial charge in [0.25, 0.3) is 0 Å². The molecule has 0 radical (unpaired) electrons. The molecule has 15 heavy (non-hydrogen) atoms. The Hall–Kier alpha value is -0.900. The Balaban J connectivity index is 2.56. The zero-order chi connectivity index (χ0) is 11.3. The average Bonchev–Trinajstić information content (AvgIpc) is 2.18. The quantitative estimate of drug-likeness (QED) is 0.438. The summed E-state index contributed by atoms with van der Waals surface area (Å²) >= 11 is 0. The standard InChI is InChI=1S/C12H21N3/c1-10(2)12-6-4-11(5-7-12)8-15(3)9-14-13/h4-7,10,14H,8-9,13H2,1-3H3. The smallest absolute Gasteiger partial charge is 0.0612 e. The molecule has 0 saturated heterocycles. The van der Waals surface area contributed by atoms with Crippen molar-refractivity contribution in [1.82, 2.24) is 10.3 Å². The van der Waals surface area contributed by atoms with E-state index in [0.29, 0.717) is 12.6 Å². The summed E-state index contributed by atoms with van der Waals surface area (Å²) in [6, 6.07) is 8.76. The molecular weight excluding hydrogens is 186 g/mol. The molecule has 0 heterocycles. The second-order valence-corrected chi connectivity index (χ2v) is 4.27. The highest BCUT2D eigenvalue weighted by atomic mass is 15.3. The van der Waals surface area contributed by atoms with Gasteiger partial charge in [0.05, 0.1) is 6.67 Å². The molecule has 84 valence electrons. The van der Waals surface area contributed by atoms with Gasteiger partial charge in [0.15, 0.2) is 0 Å². The van der Waals surface area contributed by atoms with Crippen LogP contribution in [0.3, 0.4) is 0 Å². The fraction of sp³-hybridized carbons (Fsp3) is 0.500. The number of nitrogens with zero attached hydrogens (tertiary/aromatic N) is 1. The second-order valence-electron chi connectivity index (χ2n) is 4.27. The highest BCUT2D eigenvalue weighted by Crippen LogP contribution is 2.15. The lowest BCUT2D eigenvalue weighted by atomic mass is 10.0. The van der Waals surface area contributed by atoms with E-state index >= 15 is 0 Å². The molecule has 0 amide bonds. The maximum atomic E-state index is 5.26. The Bertz CT molecular complexity index is 279. The summed E-state index contributed by atoms with van der Waals surface area (Å²) in [5.74, 6) is 5.85. The zero-order valence-electron chi connectivity index (χ0n) is 9.83. The number of hydrogen-bond acceptors (Lipinski definition) is 3. The third kappa shape index (κ3) is 4.00. The second kappa shape index (κ2) is 5.85. The topological polar surface area (TPSA) is 41.3 Å². The van der Waals surface area contributed by atoms with E-state index in [1.165, 1.54) is 11.1 Å². The fourth-order valence-electron chi connectivity index (χ4n) is 1.53. The molecule has 0 aromatic heterocycles. The van der Waals surface area contributed by atoms with Gasteiger partial charge in [-0.3, -0.25) is 10.7 Å². The van der Waals surface area contributed by atoms with E-state index < -0.39 is 0 Å². The van der Waals surface area contributed by atoms with Crippen LogP contribution < -0.4 is 11.3 Å². The van der Waals surface area contributed by atoms with Crippen molar-refractivity contribution in [2.45, 2.75) is 26.3 Å². The SMILES string of the molecule is CC(C)c1ccc(CN(C)CNN)cc1. The highest BCUT2D eigenvalue weighted by Gasteiger charge is 2.01. The summed E-state index contributed by atoms with van der Waals surface area (Å²) in [6.07, 6.45) is 0. The van der Waals surface area contributed by atoms with E-state index in [9.17, 15) is 0 Å². The van der Waals surface area contributed by atoms with Crippen LogP contribution in [0.5, 0.6) is 0 Å². The molecule has 3 nitrogen and oxygen atoms in total. The molecule has 0 aliphatic rings. The highest BCUT2D eigenvalue weighted by molar-refractivity contribution is 5.24. The van der Waals surface area contributed by atoms with E-state index in [1.807, 2.05) is 7.05 Å². The summed E-state index contributed by atoms with van der Waals surface area (Å²) in [5.41, 5.74) is 5.35. The monoisotopic (exact) mass is 207 g/mol. The Labute approximate surface area is 92.2 Å². The van der Waals surface area contributed by atoms with E-state index in [1.54, 1.807) is 0 Å². The molecule has 0 bridgehead atoms. The van der Waals surface area contributed by atoms with E-state index in [2.05, 4.69) is 48.4 Å². The Morgan fingerprint density at radius 3 is 2.33 bits per heavy atom. The minimum Gasteiger partial charge on any atom is -0.288 e. The van der Waals surface area contributed by atoms with Crippen LogP contribution in [0.25, 0.3) is 0 Å². The Morgan fingerprint density at radius 2 is 1.87 bits per heavy atom. The zero-order valence-corrected chi connectivity index (χ0v) is 9.83. The first-order valence-corrected chi connectivity index (χ1v) is 5.34. The molecule has 0 saturated carbocycles. The molecule has 1 rings (SSSR count). The molecule has 0 aliphatic heterocycles. The normalized spacial score (nSPS) is 11.3. The van der Waals surface area contributed by atoms with Gasteiger partial charge in [0.1, 0.15) is 0 Å². The van der Waals surface area contributed by atoms with Crippen molar-refractivity contribution in [3.8, 4) is 0 Å². The first kappa shape index (κ1) is 12.2. The predicted octanol–water partition coefficient (Wildman–Crippen LogP) is 1.66. The summed E-state index contributed by atoms with van der Waals surface area (Å²) in [4.78, 5) is 2.13. The van der Waals surface area contributed by atoms with Crippen molar-refractivity contribution < 1.29 is 0 Å². The number of rotatable bonds is 5. The lowest BCUT2D eigenvalue weighted by Crippen LogP contribution is -2.34. The van der Waals surface area contributed by atoms with Gasteiger partial charge in [-0.15, -0.1) is 0 Å². The number of nitrogens with two attached hydrogens (primary N) is 1. The lowest BCUT2D eigenvalue weighted by molar-refractivity contribution is 0.301. The van der Waals surface area contributed by atoms with Crippen LogP contribution in [-0.4, -0.2) is 18.6 Å². The van der Waals surface area contributed by atoms with Gasteiger partial charge in [0, 0.05) is 6.54 Å². The van der Waals surface area contributed by atoms with Crippen molar-refractivity contribution in [2.75, 3.05) is 13.7 Å². The van der Waals surface area contributed by atoms with Crippen LogP contribution >= 0.6 is 0 Å². The molecule has 3 N–H and O–H groups in total. The van der Waals surface area contributed by atoms with Crippen molar-refractivity contribution >= 4 is 0 Å². The molecule has 1 aromatic carbocycles. The molecule has 0 fully saturated rings. The van der Waals surface area contributed by atoms with E-state index in [-0.39, 0.29) is 0 Å². The van der Waals surface area contributed by atoms with Crippen LogP contribution in [0.4, 0.5) is 0 Å². The van der Waals surface area contributed by atoms with Crippen LogP contribution in [-0.2, 0) is 6.54 Å². The van der Waals surface area contributed by atoms with Crippen LogP contribution in [0, 0.1) is 0 Å². The molecule has 3 heteroatoms. The van der Waals surface area contributed by atoms with Crippen molar-refractivity contribution in [1.29, 1.82) is 0 Å². The first-order valence-electron chi connectivity index (χ1n) is 5.34. The molecule has 0 spiro atoms. The number of benzene rings is 1. The van der Waals surface area contributed by atoms with Crippen LogP contribution in [0.15, 0.2) is 24.3 Å². The summed E-state index contributed by atoms with van der Waals surface area (Å²) in [6.45, 7) is 6.04. The van der Waals surface area contributed by atoms with Gasteiger partial charge in [-0.05, 0) is 24.1 Å². The third-order valence-electron chi connectivity index (χ3n) is 2.46. The maximum Gasteiger partial charge on any atom is 0.0612 e. The fourth-order valence-corrected chi connectivity index (χ4v) is 1.53. The van der Waals surface area contributed by atoms with Gasteiger partial charge < -0.3 is 0 Å². The molecule has 0 unspecified atom stereocenters. The third-order valence-corrected chi connectivity index (χ3v) is 2.46. The van der Waals surface area contributed by atoms with Crippen molar-refractivity contribution in [3.63, 3.8) is 0 Å². The van der Waals surface area contributed by atoms with Gasteiger partial charge in [-0.2, -0.15) is 0 Å². The molecule has 0 atom stereocenters. The minimum absolute atomic E-state index is 0.600. The first-order chi connectivity index (χ1) is 7.13. The summed E-state index contributed by atoms with van der Waals surface area (Å²) in [5, 5.41) is 0. The summed E-state index contributed by atoms with van der Waals surface area (Å²) < 4.78 is 0. The predicted molar refractivity (Wildman–Crippen MR) is 64.2 cm³/mol. The van der Waals surface area contributed by atoms with Crippen molar-refractivity contribution in [2.24, 2.45) is 5.84 Å². The minimum atomic E-state index is 0.600.